The van der Waals surface area contributed by atoms with E-state index >= 15 is 0 Å². The number of hydrogen-bond acceptors (Lipinski definition) is 4. The van der Waals surface area contributed by atoms with Gasteiger partial charge < -0.3 is 10.2 Å². The molecule has 7 nitrogen and oxygen atoms in total. The third-order valence-electron chi connectivity index (χ3n) is 7.27. The van der Waals surface area contributed by atoms with E-state index in [1.54, 1.807) is 55.5 Å². The maximum atomic E-state index is 14.1. The van der Waals surface area contributed by atoms with Crippen LogP contribution in [0.5, 0.6) is 0 Å². The van der Waals surface area contributed by atoms with Crippen LogP contribution in [0, 0.1) is 6.92 Å². The normalized spacial score (nSPS) is 14.5. The number of carbonyl (C=O) groups excluding carboxylic acids is 2. The molecule has 1 fully saturated rings. The average Bonchev–Trinajstić information content (AvgIpc) is 3.45. The molecular formula is C30H32Cl3N3O4S. The fraction of sp³-hybridized carbons (Fsp3) is 0.333. The molecule has 0 spiro atoms. The summed E-state index contributed by atoms with van der Waals surface area (Å²) in [6, 6.07) is 16.8. The van der Waals surface area contributed by atoms with Gasteiger partial charge in [0.2, 0.25) is 11.8 Å². The van der Waals surface area contributed by atoms with Crippen molar-refractivity contribution >= 4 is 62.3 Å². The van der Waals surface area contributed by atoms with Crippen molar-refractivity contribution in [3.05, 3.63) is 92.9 Å². The Morgan fingerprint density at radius 2 is 1.49 bits per heavy atom. The summed E-state index contributed by atoms with van der Waals surface area (Å²) in [7, 11) is -4.23. The summed E-state index contributed by atoms with van der Waals surface area (Å²) in [5.41, 5.74) is 1.48. The molecule has 0 saturated heterocycles. The van der Waals surface area contributed by atoms with Crippen LogP contribution in [0.4, 0.5) is 5.69 Å². The second-order valence-electron chi connectivity index (χ2n) is 10.2. The minimum Gasteiger partial charge on any atom is -0.352 e. The number of halogens is 3. The van der Waals surface area contributed by atoms with Crippen LogP contribution in [0.25, 0.3) is 0 Å². The van der Waals surface area contributed by atoms with E-state index in [1.807, 2.05) is 6.92 Å². The maximum Gasteiger partial charge on any atom is 0.264 e. The number of carbonyl (C=O) groups is 2. The number of amides is 2. The summed E-state index contributed by atoms with van der Waals surface area (Å²) in [4.78, 5) is 28.7. The molecule has 3 aromatic carbocycles. The van der Waals surface area contributed by atoms with E-state index in [-0.39, 0.29) is 34.1 Å². The molecule has 0 heterocycles. The highest BCUT2D eigenvalue weighted by Crippen LogP contribution is 2.32. The number of aryl methyl sites for hydroxylation is 1. The van der Waals surface area contributed by atoms with Crippen molar-refractivity contribution in [3.63, 3.8) is 0 Å². The first-order chi connectivity index (χ1) is 19.5. The van der Waals surface area contributed by atoms with Gasteiger partial charge in [0.25, 0.3) is 10.0 Å². The van der Waals surface area contributed by atoms with E-state index in [1.165, 1.54) is 23.1 Å². The number of nitrogens with zero attached hydrogens (tertiary/aromatic N) is 2. The quantitative estimate of drug-likeness (QED) is 0.271. The highest BCUT2D eigenvalue weighted by atomic mass is 35.5. The zero-order valence-electron chi connectivity index (χ0n) is 22.8. The molecule has 4 rings (SSSR count). The van der Waals surface area contributed by atoms with Crippen molar-refractivity contribution < 1.29 is 18.0 Å². The highest BCUT2D eigenvalue weighted by molar-refractivity contribution is 7.92. The molecule has 0 aliphatic heterocycles. The van der Waals surface area contributed by atoms with E-state index in [0.29, 0.717) is 15.6 Å². The lowest BCUT2D eigenvalue weighted by atomic mass is 10.1. The number of anilines is 1. The largest absolute Gasteiger partial charge is 0.352 e. The zero-order chi connectivity index (χ0) is 29.7. The molecule has 0 aromatic heterocycles. The summed E-state index contributed by atoms with van der Waals surface area (Å²) in [6.07, 6.45) is 3.80. The van der Waals surface area contributed by atoms with Crippen LogP contribution < -0.4 is 9.62 Å². The molecule has 1 aliphatic rings. The molecule has 1 aliphatic carbocycles. The van der Waals surface area contributed by atoms with Crippen LogP contribution in [0.2, 0.25) is 15.1 Å². The Morgan fingerprint density at radius 3 is 2.10 bits per heavy atom. The van der Waals surface area contributed by atoms with Crippen LogP contribution >= 0.6 is 34.8 Å². The topological polar surface area (TPSA) is 86.8 Å². The fourth-order valence-electron chi connectivity index (χ4n) is 4.83. The average molecular weight is 637 g/mol. The summed E-state index contributed by atoms with van der Waals surface area (Å²) >= 11 is 19.3. The molecule has 41 heavy (non-hydrogen) atoms. The van der Waals surface area contributed by atoms with Gasteiger partial charge in [-0.2, -0.15) is 0 Å². The first kappa shape index (κ1) is 31.2. The van der Waals surface area contributed by atoms with Gasteiger partial charge >= 0.3 is 0 Å². The second kappa shape index (κ2) is 13.5. The van der Waals surface area contributed by atoms with Gasteiger partial charge in [-0.1, -0.05) is 83.5 Å². The fourth-order valence-corrected chi connectivity index (χ4v) is 7.07. The van der Waals surface area contributed by atoms with E-state index < -0.39 is 28.5 Å². The molecule has 0 bridgehead atoms. The first-order valence-corrected chi connectivity index (χ1v) is 15.9. The SMILES string of the molecule is Cc1ccc(S(=O)(=O)N(CC(=O)N(Cc2c(Cl)cccc2Cl)[C@@H](C)C(=O)NC2CCCC2)c2ccccc2Cl)cc1. The van der Waals surface area contributed by atoms with Gasteiger partial charge in [0.05, 0.1) is 15.6 Å². The van der Waals surface area contributed by atoms with Gasteiger partial charge in [0.15, 0.2) is 0 Å². The zero-order valence-corrected chi connectivity index (χ0v) is 25.9. The second-order valence-corrected chi connectivity index (χ2v) is 13.2. The van der Waals surface area contributed by atoms with Crippen LogP contribution in [0.1, 0.15) is 43.7 Å². The number of sulfonamides is 1. The number of rotatable bonds is 10. The van der Waals surface area contributed by atoms with Crippen molar-refractivity contribution in [1.82, 2.24) is 10.2 Å². The number of para-hydroxylation sites is 1. The summed E-state index contributed by atoms with van der Waals surface area (Å²) in [5.74, 6) is -0.954. The molecular weight excluding hydrogens is 605 g/mol. The first-order valence-electron chi connectivity index (χ1n) is 13.4. The number of benzene rings is 3. The standard InChI is InChI=1S/C30H32Cl3N3O4S/c1-20-14-16-23(17-15-20)41(39,40)36(28-13-6-5-10-27(28)33)19-29(37)35(18-24-25(31)11-7-12-26(24)32)21(2)30(38)34-22-8-3-4-9-22/h5-7,10-17,21-22H,3-4,8-9,18-19H2,1-2H3,(H,34,38)/t21-/m0/s1. The van der Waals surface area contributed by atoms with E-state index in [2.05, 4.69) is 5.32 Å². The van der Waals surface area contributed by atoms with Crippen molar-refractivity contribution in [2.24, 2.45) is 0 Å². The number of hydrogen-bond donors (Lipinski definition) is 1. The Kier molecular flexibility index (Phi) is 10.2. The van der Waals surface area contributed by atoms with Crippen molar-refractivity contribution in [2.45, 2.75) is 63.1 Å². The highest BCUT2D eigenvalue weighted by Gasteiger charge is 2.34. The molecule has 0 unspecified atom stereocenters. The van der Waals surface area contributed by atoms with Gasteiger partial charge in [-0.25, -0.2) is 8.42 Å². The van der Waals surface area contributed by atoms with Crippen molar-refractivity contribution in [1.29, 1.82) is 0 Å². The molecule has 1 N–H and O–H groups in total. The van der Waals surface area contributed by atoms with E-state index in [0.717, 1.165) is 35.6 Å². The molecule has 2 amide bonds. The van der Waals surface area contributed by atoms with Gasteiger partial charge in [0, 0.05) is 28.2 Å². The predicted molar refractivity (Wildman–Crippen MR) is 164 cm³/mol. The summed E-state index contributed by atoms with van der Waals surface area (Å²) in [5, 5.41) is 3.84. The molecule has 218 valence electrons. The smallest absolute Gasteiger partial charge is 0.264 e. The van der Waals surface area contributed by atoms with Crippen molar-refractivity contribution in [3.8, 4) is 0 Å². The van der Waals surface area contributed by atoms with Crippen LogP contribution in [-0.4, -0.2) is 43.8 Å². The number of nitrogens with one attached hydrogen (secondary N) is 1. The van der Waals surface area contributed by atoms with Crippen LogP contribution in [0.3, 0.4) is 0 Å². The Balaban J connectivity index is 1.73. The lowest BCUT2D eigenvalue weighted by Crippen LogP contribution is -2.52. The Morgan fingerprint density at radius 1 is 0.902 bits per heavy atom. The molecule has 1 atom stereocenters. The summed E-state index contributed by atoms with van der Waals surface area (Å²) < 4.78 is 28.8. The Bertz CT molecular complexity index is 1490. The molecule has 3 aromatic rings. The minimum absolute atomic E-state index is 0.00328. The lowest BCUT2D eigenvalue weighted by molar-refractivity contribution is -0.139. The van der Waals surface area contributed by atoms with Gasteiger partial charge in [0.1, 0.15) is 12.6 Å². The lowest BCUT2D eigenvalue weighted by Gasteiger charge is -2.33. The predicted octanol–water partition coefficient (Wildman–Crippen LogP) is 6.63. The van der Waals surface area contributed by atoms with Gasteiger partial charge in [-0.3, -0.25) is 13.9 Å². The monoisotopic (exact) mass is 635 g/mol. The maximum absolute atomic E-state index is 14.1. The van der Waals surface area contributed by atoms with Crippen molar-refractivity contribution in [2.75, 3.05) is 10.8 Å². The third-order valence-corrected chi connectivity index (χ3v) is 10.1. The molecule has 0 radical (unpaired) electrons. The van der Waals surface area contributed by atoms with E-state index in [9.17, 15) is 18.0 Å². The van der Waals surface area contributed by atoms with Crippen LogP contribution in [-0.2, 0) is 26.2 Å². The third kappa shape index (κ3) is 7.36. The molecule has 11 heteroatoms. The molecule has 1 saturated carbocycles. The van der Waals surface area contributed by atoms with Gasteiger partial charge in [-0.05, 0) is 63.1 Å². The summed E-state index contributed by atoms with van der Waals surface area (Å²) in [6.45, 7) is 2.75. The van der Waals surface area contributed by atoms with Gasteiger partial charge in [-0.15, -0.1) is 0 Å². The van der Waals surface area contributed by atoms with Crippen LogP contribution in [0.15, 0.2) is 71.6 Å². The minimum atomic E-state index is -4.23. The Labute approximate surface area is 256 Å². The Hall–Kier alpha value is -2.78. The van der Waals surface area contributed by atoms with E-state index in [4.69, 9.17) is 34.8 Å².